The first-order chi connectivity index (χ1) is 24.7. The summed E-state index contributed by atoms with van der Waals surface area (Å²) >= 11 is 1.53. The Morgan fingerprint density at radius 2 is 1.67 bits per heavy atom. The van der Waals surface area contributed by atoms with Crippen molar-refractivity contribution in [1.29, 1.82) is 0 Å². The maximum atomic E-state index is 13.2. The number of hydrogen-bond donors (Lipinski definition) is 3. The third-order valence-corrected chi connectivity index (χ3v) is 12.4. The van der Waals surface area contributed by atoms with Crippen LogP contribution in [0.1, 0.15) is 48.3 Å². The van der Waals surface area contributed by atoms with E-state index in [0.717, 1.165) is 101 Å². The van der Waals surface area contributed by atoms with Crippen LogP contribution in [0.3, 0.4) is 0 Å². The summed E-state index contributed by atoms with van der Waals surface area (Å²) in [6.07, 6.45) is 2.68. The predicted octanol–water partition coefficient (Wildman–Crippen LogP) is 3.42. The number of imidazole rings is 1. The Hall–Kier alpha value is -4.95. The van der Waals surface area contributed by atoms with E-state index in [9.17, 15) is 19.2 Å². The number of anilines is 3. The Bertz CT molecular complexity index is 2290. The molecule has 264 valence electrons. The average Bonchev–Trinajstić information content (AvgIpc) is 3.60. The Balaban J connectivity index is 0.851. The number of nitrogens with zero attached hydrogens (tertiary/aromatic N) is 6. The first-order valence-corrected chi connectivity index (χ1v) is 18.7. The first kappa shape index (κ1) is 32.0. The lowest BCUT2D eigenvalue weighted by molar-refractivity contribution is -0.135. The summed E-state index contributed by atoms with van der Waals surface area (Å²) in [6.45, 7) is 8.38. The molecule has 2 atom stereocenters. The predicted molar refractivity (Wildman–Crippen MR) is 200 cm³/mol. The van der Waals surface area contributed by atoms with E-state index in [1.54, 1.807) is 11.6 Å². The normalized spacial score (nSPS) is 22.3. The summed E-state index contributed by atoms with van der Waals surface area (Å²) in [4.78, 5) is 63.6. The molecule has 7 heterocycles. The van der Waals surface area contributed by atoms with Crippen molar-refractivity contribution in [2.45, 2.75) is 50.7 Å². The number of piperidine rings is 2. The molecule has 3 aromatic heterocycles. The highest BCUT2D eigenvalue weighted by atomic mass is 32.1. The van der Waals surface area contributed by atoms with E-state index in [2.05, 4.69) is 61.0 Å². The quantitative estimate of drug-likeness (QED) is 0.240. The molecular weight excluding hydrogens is 667 g/mol. The molecule has 5 aromatic rings. The Morgan fingerprint density at radius 3 is 2.45 bits per heavy atom. The van der Waals surface area contributed by atoms with E-state index in [0.29, 0.717) is 24.5 Å². The molecule has 9 rings (SSSR count). The highest BCUT2D eigenvalue weighted by Gasteiger charge is 2.33. The number of nitrogens with one attached hydrogen (secondary N) is 3. The second-order valence-electron chi connectivity index (χ2n) is 14.3. The number of thiophene rings is 1. The molecule has 4 aliphatic rings. The monoisotopic (exact) mass is 707 g/mol. The number of fused-ring (bicyclic) bond motifs is 6. The van der Waals surface area contributed by atoms with Crippen LogP contribution >= 0.6 is 11.3 Å². The van der Waals surface area contributed by atoms with Gasteiger partial charge in [0, 0.05) is 92.5 Å². The zero-order valence-corrected chi connectivity index (χ0v) is 29.6. The van der Waals surface area contributed by atoms with Crippen molar-refractivity contribution in [3.05, 3.63) is 57.8 Å². The van der Waals surface area contributed by atoms with Gasteiger partial charge in [-0.3, -0.25) is 33.7 Å². The van der Waals surface area contributed by atoms with Crippen molar-refractivity contribution >= 4 is 78.3 Å². The number of rotatable bonds is 4. The fourth-order valence-corrected chi connectivity index (χ4v) is 9.57. The smallest absolute Gasteiger partial charge is 0.329 e. The minimum absolute atomic E-state index is 0.0150. The highest BCUT2D eigenvalue weighted by Crippen LogP contribution is 2.41. The molecule has 3 N–H and O–H groups in total. The summed E-state index contributed by atoms with van der Waals surface area (Å²) < 4.78 is 4.23. The van der Waals surface area contributed by atoms with Gasteiger partial charge in [-0.25, -0.2) is 9.78 Å². The van der Waals surface area contributed by atoms with E-state index in [1.165, 1.54) is 15.9 Å². The van der Waals surface area contributed by atoms with Gasteiger partial charge in [0.2, 0.25) is 11.8 Å². The van der Waals surface area contributed by atoms with Crippen molar-refractivity contribution in [3.8, 4) is 0 Å². The molecule has 1 unspecified atom stereocenters. The van der Waals surface area contributed by atoms with Gasteiger partial charge in [-0.1, -0.05) is 0 Å². The minimum atomic E-state index is -0.683. The molecule has 51 heavy (non-hydrogen) atoms. The average molecular weight is 708 g/mol. The maximum absolute atomic E-state index is 13.2. The third-order valence-electron chi connectivity index (χ3n) is 11.3. The maximum Gasteiger partial charge on any atom is 0.329 e. The van der Waals surface area contributed by atoms with Crippen LogP contribution in [-0.2, 0) is 16.6 Å². The van der Waals surface area contributed by atoms with Crippen LogP contribution in [0.25, 0.3) is 32.0 Å². The number of hydrogen-bond acceptors (Lipinski definition) is 10. The molecule has 0 bridgehead atoms. The van der Waals surface area contributed by atoms with Crippen molar-refractivity contribution < 1.29 is 14.4 Å². The lowest BCUT2D eigenvalue weighted by atomic mass is 10.0. The lowest BCUT2D eigenvalue weighted by Crippen LogP contribution is -2.53. The molecule has 0 spiro atoms. The largest absolute Gasteiger partial charge is 0.381 e. The second-order valence-corrected chi connectivity index (χ2v) is 15.4. The van der Waals surface area contributed by atoms with Crippen LogP contribution in [0, 0.1) is 0 Å². The van der Waals surface area contributed by atoms with Crippen LogP contribution in [-0.4, -0.2) is 94.6 Å². The Kier molecular flexibility index (Phi) is 7.76. The summed E-state index contributed by atoms with van der Waals surface area (Å²) in [5, 5.41) is 11.1. The van der Waals surface area contributed by atoms with Gasteiger partial charge in [-0.05, 0) is 68.7 Å². The van der Waals surface area contributed by atoms with E-state index >= 15 is 0 Å². The molecule has 0 radical (unpaired) electrons. The van der Waals surface area contributed by atoms with Gasteiger partial charge in [-0.15, -0.1) is 11.3 Å². The zero-order chi connectivity index (χ0) is 35.0. The van der Waals surface area contributed by atoms with E-state index < -0.39 is 11.9 Å². The van der Waals surface area contributed by atoms with E-state index in [1.807, 2.05) is 19.1 Å². The van der Waals surface area contributed by atoms with E-state index in [-0.39, 0.29) is 30.0 Å². The van der Waals surface area contributed by atoms with Crippen molar-refractivity contribution in [1.82, 2.24) is 29.7 Å². The van der Waals surface area contributed by atoms with Gasteiger partial charge in [0.15, 0.2) is 0 Å². The number of aromatic nitrogens is 3. The highest BCUT2D eigenvalue weighted by molar-refractivity contribution is 7.21. The fourth-order valence-electron chi connectivity index (χ4n) is 8.47. The SMILES string of the molecule is C[C@@H]1CNc2c(sc3ccc4nc(N5CCN(C6CCN(c7ccc8c(c7)n(C)c(=O)n8C7CCC(=O)NC7=O)CC6)CC5)ccc4c23)C(=O)N1. The van der Waals surface area contributed by atoms with Crippen LogP contribution < -0.4 is 31.4 Å². The fraction of sp³-hybridized carbons (Fsp3) is 0.432. The van der Waals surface area contributed by atoms with Crippen molar-refractivity contribution in [3.63, 3.8) is 0 Å². The molecule has 3 amide bonds. The number of aryl methyl sites for hydroxylation is 1. The van der Waals surface area contributed by atoms with E-state index in [4.69, 9.17) is 4.98 Å². The van der Waals surface area contributed by atoms with Gasteiger partial charge in [-0.2, -0.15) is 0 Å². The molecule has 0 saturated carbocycles. The van der Waals surface area contributed by atoms with Crippen LogP contribution in [0.5, 0.6) is 0 Å². The van der Waals surface area contributed by atoms with Gasteiger partial charge < -0.3 is 20.4 Å². The number of carbonyl (C=O) groups is 3. The summed E-state index contributed by atoms with van der Waals surface area (Å²) in [6, 6.07) is 14.4. The number of pyridine rings is 1. The van der Waals surface area contributed by atoms with Gasteiger partial charge in [0.1, 0.15) is 16.7 Å². The second kappa shape index (κ2) is 12.4. The molecule has 4 aliphatic heterocycles. The lowest BCUT2D eigenvalue weighted by Gasteiger charge is -2.43. The number of carbonyl (C=O) groups excluding carboxylic acids is 3. The van der Waals surface area contributed by atoms with Crippen LogP contribution in [0.4, 0.5) is 17.2 Å². The van der Waals surface area contributed by atoms with Gasteiger partial charge in [0.05, 0.1) is 22.2 Å². The summed E-state index contributed by atoms with van der Waals surface area (Å²) in [5.74, 6) is 0.269. The topological polar surface area (TPSA) is 137 Å². The summed E-state index contributed by atoms with van der Waals surface area (Å²) in [5.41, 5.74) is 4.20. The standard InChI is InChI=1S/C37H41N9O4S/c1-21-20-38-33-32-24-4-9-30(40-25(24)5-8-29(32)51-34(33)36(49)39-21)45-17-15-44(16-18-45)22-11-13-43(14-12-22)23-3-6-26-28(19-23)42(2)37(50)46(26)27-7-10-31(47)41-35(27)48/h3-6,8-9,19,21-22,27,38H,7,10-18,20H2,1-2H3,(H,39,49)(H,41,47,48)/t21-,27?/m1/s1. The molecule has 14 heteroatoms. The molecule has 3 saturated heterocycles. The van der Waals surface area contributed by atoms with Crippen LogP contribution in [0.2, 0.25) is 0 Å². The summed E-state index contributed by atoms with van der Waals surface area (Å²) in [7, 11) is 1.74. The number of benzene rings is 2. The first-order valence-electron chi connectivity index (χ1n) is 17.9. The molecular formula is C37H41N9O4S. The number of imide groups is 1. The number of amides is 3. The van der Waals surface area contributed by atoms with Crippen molar-refractivity contribution in [2.24, 2.45) is 7.05 Å². The zero-order valence-electron chi connectivity index (χ0n) is 28.8. The molecule has 3 fully saturated rings. The Morgan fingerprint density at radius 1 is 0.863 bits per heavy atom. The minimum Gasteiger partial charge on any atom is -0.381 e. The Labute approximate surface area is 298 Å². The molecule has 0 aliphatic carbocycles. The molecule has 2 aromatic carbocycles. The van der Waals surface area contributed by atoms with Crippen LogP contribution in [0.15, 0.2) is 47.3 Å². The van der Waals surface area contributed by atoms with Crippen molar-refractivity contribution in [2.75, 3.05) is 60.9 Å². The van der Waals surface area contributed by atoms with Gasteiger partial charge >= 0.3 is 5.69 Å². The third kappa shape index (κ3) is 5.43. The molecule has 13 nitrogen and oxygen atoms in total. The number of piperazine rings is 1. The van der Waals surface area contributed by atoms with Gasteiger partial charge in [0.25, 0.3) is 5.91 Å².